The van der Waals surface area contributed by atoms with Gasteiger partial charge in [0.2, 0.25) is 0 Å². The number of aromatic nitrogens is 1. The van der Waals surface area contributed by atoms with Crippen LogP contribution in [-0.4, -0.2) is 37.3 Å². The van der Waals surface area contributed by atoms with E-state index >= 15 is 0 Å². The number of hydrogen-bond acceptors (Lipinski definition) is 6. The first-order valence-electron chi connectivity index (χ1n) is 12.2. The lowest BCUT2D eigenvalue weighted by molar-refractivity contribution is 0.0729. The van der Waals surface area contributed by atoms with Crippen molar-refractivity contribution >= 4 is 40.6 Å². The Kier molecular flexibility index (Phi) is 7.80. The number of carbonyl (C=O) groups excluding carboxylic acids is 2. The molecule has 0 aliphatic carbocycles. The van der Waals surface area contributed by atoms with Crippen LogP contribution < -0.4 is 19.6 Å². The normalized spacial score (nSPS) is 11.0. The first-order valence-corrected chi connectivity index (χ1v) is 12.6. The predicted octanol–water partition coefficient (Wildman–Crippen LogP) is 6.49. The molecule has 0 aliphatic heterocycles. The van der Waals surface area contributed by atoms with Gasteiger partial charge in [0, 0.05) is 27.1 Å². The molecule has 200 valence electrons. The largest absolute Gasteiger partial charge is 0.497 e. The minimum Gasteiger partial charge on any atom is -0.497 e. The third kappa shape index (κ3) is 5.52. The number of methoxy groups -OCH3 is 2. The summed E-state index contributed by atoms with van der Waals surface area (Å²) >= 11 is 6.51. The van der Waals surface area contributed by atoms with Crippen LogP contribution in [0.4, 0.5) is 0 Å². The summed E-state index contributed by atoms with van der Waals surface area (Å²) in [5.41, 5.74) is 5.99. The Labute approximate surface area is 235 Å². The zero-order valence-electron chi connectivity index (χ0n) is 21.6. The molecule has 40 heavy (non-hydrogen) atoms. The van der Waals surface area contributed by atoms with Crippen LogP contribution in [0.5, 0.6) is 17.2 Å². The van der Waals surface area contributed by atoms with E-state index in [0.29, 0.717) is 44.5 Å². The number of ether oxygens (including phenoxy) is 3. The van der Waals surface area contributed by atoms with Crippen molar-refractivity contribution in [3.05, 3.63) is 113 Å². The van der Waals surface area contributed by atoms with Gasteiger partial charge in [-0.25, -0.2) is 10.2 Å². The van der Waals surface area contributed by atoms with E-state index in [1.807, 2.05) is 42.5 Å². The van der Waals surface area contributed by atoms with Gasteiger partial charge >= 0.3 is 5.97 Å². The molecule has 0 fully saturated rings. The van der Waals surface area contributed by atoms with E-state index in [-0.39, 0.29) is 5.75 Å². The van der Waals surface area contributed by atoms with E-state index in [0.717, 1.165) is 10.9 Å². The second-order valence-corrected chi connectivity index (χ2v) is 9.04. The highest BCUT2D eigenvalue weighted by Gasteiger charge is 2.21. The van der Waals surface area contributed by atoms with Gasteiger partial charge in [-0.05, 0) is 60.2 Å². The van der Waals surface area contributed by atoms with Crippen LogP contribution in [0, 0.1) is 0 Å². The molecule has 0 aliphatic rings. The van der Waals surface area contributed by atoms with Gasteiger partial charge in [-0.2, -0.15) is 5.10 Å². The summed E-state index contributed by atoms with van der Waals surface area (Å²) in [5, 5.41) is 5.41. The molecule has 0 unspecified atom stereocenters. The molecule has 0 saturated heterocycles. The van der Waals surface area contributed by atoms with Crippen molar-refractivity contribution < 1.29 is 23.8 Å². The van der Waals surface area contributed by atoms with E-state index in [2.05, 4.69) is 15.5 Å². The number of esters is 1. The molecule has 8 nitrogen and oxygen atoms in total. The Morgan fingerprint density at radius 3 is 2.40 bits per heavy atom. The minimum absolute atomic E-state index is 0.260. The van der Waals surface area contributed by atoms with Crippen molar-refractivity contribution in [1.82, 2.24) is 10.4 Å². The number of amides is 1. The molecule has 0 bridgehead atoms. The SMILES string of the molecule is COc1ccc2[nH]c(C(=O)NN=Cc3ccc(OC(=O)c4ccccc4)c(OC)c3)c(-c3ccccc3Cl)c2c1. The maximum absolute atomic E-state index is 13.3. The van der Waals surface area contributed by atoms with Crippen molar-refractivity contribution in [2.75, 3.05) is 14.2 Å². The van der Waals surface area contributed by atoms with Gasteiger partial charge in [-0.1, -0.05) is 48.0 Å². The molecule has 1 aromatic heterocycles. The molecule has 1 heterocycles. The summed E-state index contributed by atoms with van der Waals surface area (Å²) in [4.78, 5) is 28.9. The molecule has 0 saturated carbocycles. The number of hydrogen-bond donors (Lipinski definition) is 2. The molecule has 0 spiro atoms. The molecule has 4 aromatic carbocycles. The Morgan fingerprint density at radius 2 is 1.65 bits per heavy atom. The quantitative estimate of drug-likeness (QED) is 0.0989. The standard InChI is InChI=1S/C31H24ClN3O5/c1-38-21-13-14-25-23(17-21)28(22-10-6-7-11-24(22)32)29(34-25)30(36)35-33-18-19-12-15-26(27(16-19)39-2)40-31(37)20-8-4-3-5-9-20/h3-18,34H,1-2H3,(H,35,36). The summed E-state index contributed by atoms with van der Waals surface area (Å²) < 4.78 is 16.3. The fourth-order valence-corrected chi connectivity index (χ4v) is 4.45. The van der Waals surface area contributed by atoms with Gasteiger partial charge in [0.25, 0.3) is 5.91 Å². The summed E-state index contributed by atoms with van der Waals surface area (Å²) in [7, 11) is 3.05. The van der Waals surface area contributed by atoms with E-state index in [4.69, 9.17) is 25.8 Å². The maximum Gasteiger partial charge on any atom is 0.343 e. The highest BCUT2D eigenvalue weighted by Crippen LogP contribution is 2.38. The van der Waals surface area contributed by atoms with Crippen molar-refractivity contribution in [3.8, 4) is 28.4 Å². The van der Waals surface area contributed by atoms with Gasteiger partial charge in [-0.3, -0.25) is 4.79 Å². The van der Waals surface area contributed by atoms with E-state index in [1.165, 1.54) is 13.3 Å². The van der Waals surface area contributed by atoms with Crippen LogP contribution in [0.2, 0.25) is 5.02 Å². The predicted molar refractivity (Wildman–Crippen MR) is 155 cm³/mol. The number of halogens is 1. The van der Waals surface area contributed by atoms with Gasteiger partial charge in [0.1, 0.15) is 11.4 Å². The van der Waals surface area contributed by atoms with Gasteiger partial charge < -0.3 is 19.2 Å². The fourth-order valence-electron chi connectivity index (χ4n) is 4.22. The van der Waals surface area contributed by atoms with Crippen LogP contribution in [0.15, 0.2) is 96.1 Å². The number of nitrogens with zero attached hydrogens (tertiary/aromatic N) is 1. The molecule has 9 heteroatoms. The van der Waals surface area contributed by atoms with E-state index in [9.17, 15) is 9.59 Å². The third-order valence-corrected chi connectivity index (χ3v) is 6.49. The van der Waals surface area contributed by atoms with E-state index < -0.39 is 11.9 Å². The van der Waals surface area contributed by atoms with Crippen LogP contribution >= 0.6 is 11.6 Å². The lowest BCUT2D eigenvalue weighted by atomic mass is 10.0. The number of carbonyl (C=O) groups is 2. The summed E-state index contributed by atoms with van der Waals surface area (Å²) in [6.07, 6.45) is 1.46. The summed E-state index contributed by atoms with van der Waals surface area (Å²) in [6, 6.07) is 26.4. The van der Waals surface area contributed by atoms with Crippen molar-refractivity contribution in [3.63, 3.8) is 0 Å². The fraction of sp³-hybridized carbons (Fsp3) is 0.0645. The number of rotatable bonds is 8. The summed E-state index contributed by atoms with van der Waals surface area (Å²) in [5.74, 6) is 0.289. The molecule has 0 atom stereocenters. The molecular weight excluding hydrogens is 530 g/mol. The average molecular weight is 554 g/mol. The minimum atomic E-state index is -0.502. The molecular formula is C31H24ClN3O5. The van der Waals surface area contributed by atoms with Crippen LogP contribution in [0.3, 0.4) is 0 Å². The average Bonchev–Trinajstić information content (AvgIpc) is 3.37. The second kappa shape index (κ2) is 11.8. The van der Waals surface area contributed by atoms with Gasteiger partial charge in [-0.15, -0.1) is 0 Å². The Hall–Kier alpha value is -5.08. The zero-order chi connectivity index (χ0) is 28.1. The first kappa shape index (κ1) is 26.5. The van der Waals surface area contributed by atoms with Gasteiger partial charge in [0.15, 0.2) is 11.5 Å². The zero-order valence-corrected chi connectivity index (χ0v) is 22.4. The van der Waals surface area contributed by atoms with Crippen molar-refractivity contribution in [2.45, 2.75) is 0 Å². The van der Waals surface area contributed by atoms with Crippen molar-refractivity contribution in [2.24, 2.45) is 5.10 Å². The van der Waals surface area contributed by atoms with Gasteiger partial charge in [0.05, 0.1) is 26.0 Å². The Bertz CT molecular complexity index is 1730. The lowest BCUT2D eigenvalue weighted by Gasteiger charge is -2.10. The molecule has 1 amide bonds. The monoisotopic (exact) mass is 553 g/mol. The number of benzene rings is 4. The van der Waals surface area contributed by atoms with E-state index in [1.54, 1.807) is 55.6 Å². The third-order valence-electron chi connectivity index (χ3n) is 6.16. The molecule has 2 N–H and O–H groups in total. The van der Waals surface area contributed by atoms with Crippen LogP contribution in [0.1, 0.15) is 26.4 Å². The highest BCUT2D eigenvalue weighted by atomic mass is 35.5. The number of H-pyrrole nitrogens is 1. The smallest absolute Gasteiger partial charge is 0.343 e. The molecule has 5 rings (SSSR count). The number of hydrazone groups is 1. The van der Waals surface area contributed by atoms with Crippen LogP contribution in [0.25, 0.3) is 22.0 Å². The van der Waals surface area contributed by atoms with Crippen molar-refractivity contribution in [1.29, 1.82) is 0 Å². The number of aromatic amines is 1. The summed E-state index contributed by atoms with van der Waals surface area (Å²) in [6.45, 7) is 0. The number of fused-ring (bicyclic) bond motifs is 1. The lowest BCUT2D eigenvalue weighted by Crippen LogP contribution is -2.19. The first-order chi connectivity index (χ1) is 19.5. The molecule has 5 aromatic rings. The second-order valence-electron chi connectivity index (χ2n) is 8.63. The highest BCUT2D eigenvalue weighted by molar-refractivity contribution is 6.34. The van der Waals surface area contributed by atoms with Crippen LogP contribution in [-0.2, 0) is 0 Å². The topological polar surface area (TPSA) is 102 Å². The maximum atomic E-state index is 13.3. The molecule has 0 radical (unpaired) electrons. The number of nitrogens with one attached hydrogen (secondary N) is 2. The Balaban J connectivity index is 1.38. The Morgan fingerprint density at radius 1 is 0.875 bits per heavy atom.